The highest BCUT2D eigenvalue weighted by Crippen LogP contribution is 2.45. The first-order chi connectivity index (χ1) is 15.4. The van der Waals surface area contributed by atoms with Crippen molar-refractivity contribution in [2.24, 2.45) is 0 Å². The third-order valence-electron chi connectivity index (χ3n) is 6.06. The third kappa shape index (κ3) is 3.90. The van der Waals surface area contributed by atoms with Crippen LogP contribution in [0.5, 0.6) is 0 Å². The SMILES string of the molecule is CC1=C(C(=O)O)C(c2ccccc2[N+](=O)[O-])c2c(cc[nH]c2=O)N1CCN1CCOCC1. The average molecular weight is 440 g/mol. The molecule has 1 saturated heterocycles. The number of para-hydroxylation sites is 1. The van der Waals surface area contributed by atoms with Crippen molar-refractivity contribution in [2.75, 3.05) is 44.3 Å². The van der Waals surface area contributed by atoms with E-state index in [1.165, 1.54) is 24.4 Å². The molecule has 0 saturated carbocycles. The van der Waals surface area contributed by atoms with Gasteiger partial charge >= 0.3 is 5.97 Å². The summed E-state index contributed by atoms with van der Waals surface area (Å²) in [4.78, 5) is 43.2. The van der Waals surface area contributed by atoms with Crippen LogP contribution in [-0.2, 0) is 9.53 Å². The molecule has 1 aromatic heterocycles. The normalized spacial score (nSPS) is 19.0. The quantitative estimate of drug-likeness (QED) is 0.515. The number of rotatable bonds is 6. The number of hydrogen-bond donors (Lipinski definition) is 2. The van der Waals surface area contributed by atoms with E-state index in [9.17, 15) is 24.8 Å². The monoisotopic (exact) mass is 440 g/mol. The predicted octanol–water partition coefficient (Wildman–Crippen LogP) is 1.93. The Bertz CT molecular complexity index is 1140. The van der Waals surface area contributed by atoms with E-state index in [-0.39, 0.29) is 22.4 Å². The van der Waals surface area contributed by atoms with E-state index in [1.807, 2.05) is 4.90 Å². The summed E-state index contributed by atoms with van der Waals surface area (Å²) in [5.74, 6) is -2.27. The van der Waals surface area contributed by atoms with Crippen LogP contribution in [0.3, 0.4) is 0 Å². The van der Waals surface area contributed by atoms with Crippen molar-refractivity contribution in [2.45, 2.75) is 12.8 Å². The molecule has 3 heterocycles. The minimum absolute atomic E-state index is 0.0366. The molecule has 0 bridgehead atoms. The first-order valence-corrected chi connectivity index (χ1v) is 10.4. The zero-order valence-electron chi connectivity index (χ0n) is 17.6. The number of pyridine rings is 1. The number of carbonyl (C=O) groups is 1. The number of nitro benzene ring substituents is 1. The van der Waals surface area contributed by atoms with Gasteiger partial charge in [-0.3, -0.25) is 19.8 Å². The summed E-state index contributed by atoms with van der Waals surface area (Å²) < 4.78 is 5.38. The highest BCUT2D eigenvalue weighted by atomic mass is 16.6. The highest BCUT2D eigenvalue weighted by Gasteiger charge is 2.40. The van der Waals surface area contributed by atoms with Gasteiger partial charge in [-0.2, -0.15) is 0 Å². The first-order valence-electron chi connectivity index (χ1n) is 10.4. The Morgan fingerprint density at radius 2 is 1.97 bits per heavy atom. The molecule has 0 aliphatic carbocycles. The molecular weight excluding hydrogens is 416 g/mol. The van der Waals surface area contributed by atoms with Gasteiger partial charge in [0.2, 0.25) is 0 Å². The van der Waals surface area contributed by atoms with Crippen LogP contribution in [0.2, 0.25) is 0 Å². The highest BCUT2D eigenvalue weighted by molar-refractivity contribution is 5.94. The van der Waals surface area contributed by atoms with Gasteiger partial charge in [0.25, 0.3) is 11.2 Å². The van der Waals surface area contributed by atoms with E-state index >= 15 is 0 Å². The minimum atomic E-state index is -1.21. The number of H-pyrrole nitrogens is 1. The lowest BCUT2D eigenvalue weighted by Crippen LogP contribution is -2.43. The molecule has 0 radical (unpaired) electrons. The number of aromatic amines is 1. The Morgan fingerprint density at radius 3 is 2.66 bits per heavy atom. The lowest BCUT2D eigenvalue weighted by molar-refractivity contribution is -0.385. The van der Waals surface area contributed by atoms with Crippen LogP contribution in [0.15, 0.2) is 52.6 Å². The summed E-state index contributed by atoms with van der Waals surface area (Å²) in [5, 5.41) is 21.8. The van der Waals surface area contributed by atoms with Gasteiger partial charge in [0, 0.05) is 49.7 Å². The zero-order chi connectivity index (χ0) is 22.8. The molecular formula is C22H24N4O6. The molecule has 10 nitrogen and oxygen atoms in total. The standard InChI is InChI=1S/C22H24N4O6/c1-14-18(22(28)29)19(15-4-2-3-5-16(15)26(30)31)20-17(6-7-23-21(20)27)25(14)9-8-24-10-12-32-13-11-24/h2-7,19H,8-13H2,1H3,(H,23,27)(H,28,29). The molecule has 1 fully saturated rings. The Kier molecular flexibility index (Phi) is 6.06. The van der Waals surface area contributed by atoms with Crippen LogP contribution < -0.4 is 10.5 Å². The number of fused-ring (bicyclic) bond motifs is 1. The molecule has 2 aliphatic heterocycles. The number of aromatic nitrogens is 1. The Balaban J connectivity index is 1.86. The number of aliphatic carboxylic acids is 1. The summed E-state index contributed by atoms with van der Waals surface area (Å²) in [7, 11) is 0. The molecule has 1 unspecified atom stereocenters. The molecule has 168 valence electrons. The number of carboxylic acids is 1. The van der Waals surface area contributed by atoms with Crippen LogP contribution in [0.4, 0.5) is 11.4 Å². The second-order valence-electron chi connectivity index (χ2n) is 7.76. The van der Waals surface area contributed by atoms with Crippen molar-refractivity contribution in [1.29, 1.82) is 0 Å². The van der Waals surface area contributed by atoms with Crippen molar-refractivity contribution in [3.63, 3.8) is 0 Å². The molecule has 2 aliphatic rings. The van der Waals surface area contributed by atoms with Crippen molar-refractivity contribution >= 4 is 17.3 Å². The van der Waals surface area contributed by atoms with Gasteiger partial charge in [-0.15, -0.1) is 0 Å². The van der Waals surface area contributed by atoms with E-state index in [0.717, 1.165) is 13.1 Å². The van der Waals surface area contributed by atoms with Gasteiger partial charge in [0.15, 0.2) is 0 Å². The van der Waals surface area contributed by atoms with Crippen molar-refractivity contribution in [3.05, 3.63) is 79.4 Å². The van der Waals surface area contributed by atoms with Gasteiger partial charge in [-0.25, -0.2) is 4.79 Å². The number of benzene rings is 1. The molecule has 0 amide bonds. The zero-order valence-corrected chi connectivity index (χ0v) is 17.6. The second-order valence-corrected chi connectivity index (χ2v) is 7.76. The lowest BCUT2D eigenvalue weighted by Gasteiger charge is -2.38. The third-order valence-corrected chi connectivity index (χ3v) is 6.06. The van der Waals surface area contributed by atoms with Crippen LogP contribution in [-0.4, -0.2) is 65.3 Å². The first kappa shape index (κ1) is 21.7. The van der Waals surface area contributed by atoms with Gasteiger partial charge in [-0.05, 0) is 13.0 Å². The Hall–Kier alpha value is -3.50. The van der Waals surface area contributed by atoms with Crippen LogP contribution in [0, 0.1) is 10.1 Å². The van der Waals surface area contributed by atoms with E-state index in [4.69, 9.17) is 4.74 Å². The topological polar surface area (TPSA) is 129 Å². The van der Waals surface area contributed by atoms with E-state index in [0.29, 0.717) is 37.7 Å². The van der Waals surface area contributed by atoms with Gasteiger partial charge < -0.3 is 19.7 Å². The fourth-order valence-electron chi connectivity index (χ4n) is 4.52. The molecule has 1 atom stereocenters. The average Bonchev–Trinajstić information content (AvgIpc) is 2.78. The molecule has 32 heavy (non-hydrogen) atoms. The van der Waals surface area contributed by atoms with Crippen molar-refractivity contribution in [1.82, 2.24) is 9.88 Å². The summed E-state index contributed by atoms with van der Waals surface area (Å²) in [5.41, 5.74) is 0.685. The maximum absolute atomic E-state index is 13.0. The number of hydrogen-bond acceptors (Lipinski definition) is 7. The van der Waals surface area contributed by atoms with Crippen molar-refractivity contribution < 1.29 is 19.6 Å². The molecule has 10 heteroatoms. The lowest BCUT2D eigenvalue weighted by atomic mass is 9.80. The maximum Gasteiger partial charge on any atom is 0.334 e. The number of nitrogens with zero attached hydrogens (tertiary/aromatic N) is 3. The number of allylic oxidation sites excluding steroid dienone is 1. The minimum Gasteiger partial charge on any atom is -0.478 e. The summed E-state index contributed by atoms with van der Waals surface area (Å²) in [6.45, 7) is 5.68. The van der Waals surface area contributed by atoms with E-state index in [2.05, 4.69) is 9.88 Å². The van der Waals surface area contributed by atoms with Crippen LogP contribution >= 0.6 is 0 Å². The van der Waals surface area contributed by atoms with E-state index in [1.54, 1.807) is 19.1 Å². The van der Waals surface area contributed by atoms with Gasteiger partial charge in [0.05, 0.1) is 40.9 Å². The van der Waals surface area contributed by atoms with Gasteiger partial charge in [0.1, 0.15) is 0 Å². The van der Waals surface area contributed by atoms with Crippen molar-refractivity contribution in [3.8, 4) is 0 Å². The number of nitro groups is 1. The molecule has 4 rings (SSSR count). The number of nitrogens with one attached hydrogen (secondary N) is 1. The molecule has 2 aromatic rings. The molecule has 2 N–H and O–H groups in total. The fraction of sp³-hybridized carbons (Fsp3) is 0.364. The largest absolute Gasteiger partial charge is 0.478 e. The van der Waals surface area contributed by atoms with Crippen LogP contribution in [0.1, 0.15) is 24.0 Å². The Labute approximate surface area is 183 Å². The smallest absolute Gasteiger partial charge is 0.334 e. The molecule has 0 spiro atoms. The summed E-state index contributed by atoms with van der Waals surface area (Å²) >= 11 is 0. The number of ether oxygens (including phenoxy) is 1. The van der Waals surface area contributed by atoms with Gasteiger partial charge in [-0.1, -0.05) is 18.2 Å². The number of morpholine rings is 1. The van der Waals surface area contributed by atoms with Crippen LogP contribution in [0.25, 0.3) is 0 Å². The number of carboxylic acid groups (broad SMARTS) is 1. The second kappa shape index (κ2) is 8.93. The number of anilines is 1. The Morgan fingerprint density at radius 1 is 1.25 bits per heavy atom. The maximum atomic E-state index is 13.0. The summed E-state index contributed by atoms with van der Waals surface area (Å²) in [6, 6.07) is 7.69. The predicted molar refractivity (Wildman–Crippen MR) is 117 cm³/mol. The fourth-order valence-corrected chi connectivity index (χ4v) is 4.52. The van der Waals surface area contributed by atoms with E-state index < -0.39 is 22.4 Å². The molecule has 1 aromatic carbocycles. The summed E-state index contributed by atoms with van der Waals surface area (Å²) in [6.07, 6.45) is 1.51.